The molecule has 26 heavy (non-hydrogen) atoms. The van der Waals surface area contributed by atoms with Crippen LogP contribution < -0.4 is 10.6 Å². The van der Waals surface area contributed by atoms with Gasteiger partial charge in [-0.2, -0.15) is 0 Å². The highest BCUT2D eigenvalue weighted by molar-refractivity contribution is 5.85. The maximum atomic E-state index is 12.2. The number of oxazole rings is 1. The molecule has 0 saturated carbocycles. The summed E-state index contributed by atoms with van der Waals surface area (Å²) in [6, 6.07) is 0.0235. The predicted octanol–water partition coefficient (Wildman–Crippen LogP) is 2.61. The van der Waals surface area contributed by atoms with Crippen molar-refractivity contribution >= 4 is 30.7 Å². The zero-order valence-corrected chi connectivity index (χ0v) is 17.4. The van der Waals surface area contributed by atoms with E-state index in [-0.39, 0.29) is 36.8 Å². The molecule has 1 aromatic rings. The summed E-state index contributed by atoms with van der Waals surface area (Å²) in [5.74, 6) is 2.50. The molecular weight excluding hydrogens is 375 g/mol. The second-order valence-electron chi connectivity index (χ2n) is 7.22. The van der Waals surface area contributed by atoms with Crippen LogP contribution in [0.25, 0.3) is 0 Å². The minimum atomic E-state index is 0. The number of halogens is 2. The predicted molar refractivity (Wildman–Crippen MR) is 107 cm³/mol. The number of hydrogen-bond acceptors (Lipinski definition) is 5. The SMILES string of the molecule is Cc1nc(CN2CCC(CNC(=O)[C@H]3CCCCN3)CC2)oc1C.Cl.Cl. The number of aryl methyl sites for hydroxylation is 2. The van der Waals surface area contributed by atoms with Crippen LogP contribution in [0.4, 0.5) is 0 Å². The van der Waals surface area contributed by atoms with Gasteiger partial charge >= 0.3 is 0 Å². The Morgan fingerprint density at radius 3 is 2.54 bits per heavy atom. The van der Waals surface area contributed by atoms with Crippen LogP contribution in [-0.2, 0) is 11.3 Å². The number of carbonyl (C=O) groups is 1. The van der Waals surface area contributed by atoms with E-state index >= 15 is 0 Å². The molecule has 0 radical (unpaired) electrons. The quantitative estimate of drug-likeness (QED) is 0.785. The Labute approximate surface area is 168 Å². The summed E-state index contributed by atoms with van der Waals surface area (Å²) in [7, 11) is 0. The molecule has 2 N–H and O–H groups in total. The highest BCUT2D eigenvalue weighted by Crippen LogP contribution is 2.19. The van der Waals surface area contributed by atoms with Crippen molar-refractivity contribution in [2.45, 2.75) is 58.5 Å². The summed E-state index contributed by atoms with van der Waals surface area (Å²) in [5.41, 5.74) is 0.985. The van der Waals surface area contributed by atoms with E-state index in [1.807, 2.05) is 13.8 Å². The zero-order valence-electron chi connectivity index (χ0n) is 15.8. The van der Waals surface area contributed by atoms with Gasteiger partial charge in [0, 0.05) is 6.54 Å². The lowest BCUT2D eigenvalue weighted by Gasteiger charge is -2.31. The molecule has 3 rings (SSSR count). The first-order chi connectivity index (χ1) is 11.6. The van der Waals surface area contributed by atoms with E-state index in [0.29, 0.717) is 5.92 Å². The molecule has 2 aliphatic heterocycles. The van der Waals surface area contributed by atoms with Gasteiger partial charge in [-0.3, -0.25) is 9.69 Å². The van der Waals surface area contributed by atoms with E-state index in [1.165, 1.54) is 6.42 Å². The average Bonchev–Trinajstić information content (AvgIpc) is 2.92. The molecule has 0 aromatic carbocycles. The van der Waals surface area contributed by atoms with Crippen LogP contribution >= 0.6 is 24.8 Å². The van der Waals surface area contributed by atoms with Gasteiger partial charge in [0.2, 0.25) is 11.8 Å². The van der Waals surface area contributed by atoms with Gasteiger partial charge in [-0.15, -0.1) is 24.8 Å². The van der Waals surface area contributed by atoms with E-state index in [2.05, 4.69) is 20.5 Å². The van der Waals surface area contributed by atoms with Gasteiger partial charge in [0.1, 0.15) is 5.76 Å². The molecule has 0 aliphatic carbocycles. The molecule has 2 fully saturated rings. The number of piperidine rings is 2. The van der Waals surface area contributed by atoms with Gasteiger partial charge in [0.25, 0.3) is 0 Å². The summed E-state index contributed by atoms with van der Waals surface area (Å²) in [6.45, 7) is 8.60. The minimum absolute atomic E-state index is 0. The van der Waals surface area contributed by atoms with Crippen molar-refractivity contribution in [3.63, 3.8) is 0 Å². The van der Waals surface area contributed by atoms with Crippen molar-refractivity contribution < 1.29 is 9.21 Å². The first kappa shape index (κ1) is 23.2. The first-order valence-electron chi connectivity index (χ1n) is 9.28. The van der Waals surface area contributed by atoms with Gasteiger partial charge in [-0.25, -0.2) is 4.98 Å². The highest BCUT2D eigenvalue weighted by atomic mass is 35.5. The van der Waals surface area contributed by atoms with Gasteiger partial charge in [0.05, 0.1) is 18.3 Å². The number of nitrogens with one attached hydrogen (secondary N) is 2. The lowest BCUT2D eigenvalue weighted by molar-refractivity contribution is -0.123. The van der Waals surface area contributed by atoms with Gasteiger partial charge < -0.3 is 15.1 Å². The third-order valence-electron chi connectivity index (χ3n) is 5.33. The maximum absolute atomic E-state index is 12.2. The lowest BCUT2D eigenvalue weighted by Crippen LogP contribution is -2.48. The highest BCUT2D eigenvalue weighted by Gasteiger charge is 2.24. The van der Waals surface area contributed by atoms with Crippen molar-refractivity contribution in [3.8, 4) is 0 Å². The molecule has 2 saturated heterocycles. The fraction of sp³-hybridized carbons (Fsp3) is 0.778. The molecule has 8 heteroatoms. The van der Waals surface area contributed by atoms with Crippen molar-refractivity contribution in [2.24, 2.45) is 5.92 Å². The van der Waals surface area contributed by atoms with Crippen molar-refractivity contribution in [1.82, 2.24) is 20.5 Å². The molecule has 1 aromatic heterocycles. The molecule has 1 atom stereocenters. The van der Waals surface area contributed by atoms with Crippen LogP contribution in [0.15, 0.2) is 4.42 Å². The minimum Gasteiger partial charge on any atom is -0.444 e. The van der Waals surface area contributed by atoms with E-state index in [9.17, 15) is 4.79 Å². The normalized spacial score (nSPS) is 21.5. The largest absolute Gasteiger partial charge is 0.444 e. The summed E-state index contributed by atoms with van der Waals surface area (Å²) in [5, 5.41) is 6.46. The van der Waals surface area contributed by atoms with Crippen molar-refractivity contribution in [2.75, 3.05) is 26.2 Å². The molecular formula is C18H32Cl2N4O2. The van der Waals surface area contributed by atoms with Crippen LogP contribution in [-0.4, -0.2) is 48.0 Å². The standard InChI is InChI=1S/C18H30N4O2.2ClH/c1-13-14(2)24-17(21-13)12-22-9-6-15(7-10-22)11-20-18(23)16-5-3-4-8-19-16;;/h15-16,19H,3-12H2,1-2H3,(H,20,23);2*1H/t16-;;/m1../s1. The van der Waals surface area contributed by atoms with E-state index in [1.54, 1.807) is 0 Å². The summed E-state index contributed by atoms with van der Waals surface area (Å²) < 4.78 is 5.67. The average molecular weight is 407 g/mol. The number of carbonyl (C=O) groups excluding carboxylic acids is 1. The van der Waals surface area contributed by atoms with Crippen molar-refractivity contribution in [1.29, 1.82) is 0 Å². The Morgan fingerprint density at radius 1 is 1.23 bits per heavy atom. The molecule has 150 valence electrons. The van der Waals surface area contributed by atoms with Crippen molar-refractivity contribution in [3.05, 3.63) is 17.3 Å². The van der Waals surface area contributed by atoms with Crippen LogP contribution in [0.2, 0.25) is 0 Å². The van der Waals surface area contributed by atoms with E-state index in [4.69, 9.17) is 4.42 Å². The molecule has 1 amide bonds. The van der Waals surface area contributed by atoms with Gasteiger partial charge in [0.15, 0.2) is 0 Å². The number of nitrogens with zero attached hydrogens (tertiary/aromatic N) is 2. The van der Waals surface area contributed by atoms with Crippen LogP contribution in [0, 0.1) is 19.8 Å². The van der Waals surface area contributed by atoms with E-state index < -0.39 is 0 Å². The Bertz CT molecular complexity index is 534. The number of likely N-dealkylation sites (tertiary alicyclic amines) is 1. The fourth-order valence-electron chi connectivity index (χ4n) is 3.59. The molecule has 3 heterocycles. The Hall–Kier alpha value is -0.820. The third-order valence-corrected chi connectivity index (χ3v) is 5.33. The summed E-state index contributed by atoms with van der Waals surface area (Å²) in [6.07, 6.45) is 5.56. The second kappa shape index (κ2) is 11.1. The number of rotatable bonds is 5. The number of aromatic nitrogens is 1. The number of amides is 1. The molecule has 0 bridgehead atoms. The zero-order chi connectivity index (χ0) is 16.9. The van der Waals surface area contributed by atoms with Crippen LogP contribution in [0.1, 0.15) is 49.4 Å². The Balaban J connectivity index is 0.00000169. The summed E-state index contributed by atoms with van der Waals surface area (Å²) >= 11 is 0. The monoisotopic (exact) mass is 406 g/mol. The van der Waals surface area contributed by atoms with E-state index in [0.717, 1.165) is 75.8 Å². The molecule has 6 nitrogen and oxygen atoms in total. The third kappa shape index (κ3) is 6.41. The number of hydrogen-bond donors (Lipinski definition) is 2. The maximum Gasteiger partial charge on any atom is 0.237 e. The molecule has 2 aliphatic rings. The van der Waals surface area contributed by atoms with Gasteiger partial charge in [-0.05, 0) is 65.1 Å². The fourth-order valence-corrected chi connectivity index (χ4v) is 3.59. The Kier molecular flexibility index (Phi) is 9.93. The Morgan fingerprint density at radius 2 is 1.96 bits per heavy atom. The smallest absolute Gasteiger partial charge is 0.237 e. The topological polar surface area (TPSA) is 70.4 Å². The van der Waals surface area contributed by atoms with Crippen LogP contribution in [0.5, 0.6) is 0 Å². The molecule has 0 unspecified atom stereocenters. The van der Waals surface area contributed by atoms with Crippen LogP contribution in [0.3, 0.4) is 0 Å². The lowest BCUT2D eigenvalue weighted by atomic mass is 9.96. The first-order valence-corrected chi connectivity index (χ1v) is 9.28. The second-order valence-corrected chi connectivity index (χ2v) is 7.22. The molecule has 0 spiro atoms. The summed E-state index contributed by atoms with van der Waals surface area (Å²) in [4.78, 5) is 19.0. The van der Waals surface area contributed by atoms with Gasteiger partial charge in [-0.1, -0.05) is 6.42 Å².